The Balaban J connectivity index is 1.59. The minimum Gasteiger partial charge on any atom is -0.355 e. The third kappa shape index (κ3) is 3.68. The minimum absolute atomic E-state index is 0.367. The average molecular weight is 344 g/mol. The van der Waals surface area contributed by atoms with Gasteiger partial charge in [-0.25, -0.2) is 8.78 Å². The Kier molecular flexibility index (Phi) is 4.79. The summed E-state index contributed by atoms with van der Waals surface area (Å²) in [5, 5.41) is 4.96. The summed E-state index contributed by atoms with van der Waals surface area (Å²) in [5.74, 6) is -2.81. The van der Waals surface area contributed by atoms with Crippen LogP contribution in [0.25, 0.3) is 0 Å². The molecule has 0 saturated heterocycles. The van der Waals surface area contributed by atoms with Crippen molar-refractivity contribution in [3.63, 3.8) is 0 Å². The van der Waals surface area contributed by atoms with E-state index in [-0.39, 0.29) is 0 Å². The van der Waals surface area contributed by atoms with Crippen LogP contribution in [0.1, 0.15) is 18.4 Å². The highest BCUT2D eigenvalue weighted by Gasteiger charge is 2.56. The first kappa shape index (κ1) is 17.1. The number of carbonyl (C=O) groups excluding carboxylic acids is 2. The van der Waals surface area contributed by atoms with E-state index >= 15 is 0 Å². The average Bonchev–Trinajstić information content (AvgIpc) is 3.41. The summed E-state index contributed by atoms with van der Waals surface area (Å²) in [6.07, 6.45) is 1.38. The molecule has 0 aliphatic heterocycles. The van der Waals surface area contributed by atoms with Crippen LogP contribution in [0.4, 0.5) is 14.5 Å². The van der Waals surface area contributed by atoms with Crippen molar-refractivity contribution >= 4 is 17.5 Å². The van der Waals surface area contributed by atoms with Crippen LogP contribution < -0.4 is 10.6 Å². The number of rotatable bonds is 6. The molecule has 2 aromatic rings. The lowest BCUT2D eigenvalue weighted by molar-refractivity contribution is -0.134. The molecule has 1 fully saturated rings. The van der Waals surface area contributed by atoms with Crippen LogP contribution in [-0.2, 0) is 16.0 Å². The summed E-state index contributed by atoms with van der Waals surface area (Å²) in [4.78, 5) is 24.7. The SMILES string of the molecule is O=C(NCCc1ccccc1)C1(C(=O)Nc2c(F)cccc2F)CC1. The monoisotopic (exact) mass is 344 g/mol. The predicted molar refractivity (Wildman–Crippen MR) is 89.8 cm³/mol. The van der Waals surface area contributed by atoms with Gasteiger partial charge in [0.1, 0.15) is 22.7 Å². The van der Waals surface area contributed by atoms with Crippen molar-refractivity contribution in [3.05, 3.63) is 65.7 Å². The number of amides is 2. The zero-order chi connectivity index (χ0) is 17.9. The second-order valence-corrected chi connectivity index (χ2v) is 6.12. The molecule has 4 nitrogen and oxygen atoms in total. The van der Waals surface area contributed by atoms with Gasteiger partial charge in [-0.2, -0.15) is 0 Å². The molecule has 0 heterocycles. The summed E-state index contributed by atoms with van der Waals surface area (Å²) in [5.41, 5.74) is -0.674. The van der Waals surface area contributed by atoms with E-state index in [1.165, 1.54) is 6.07 Å². The zero-order valence-electron chi connectivity index (χ0n) is 13.5. The van der Waals surface area contributed by atoms with E-state index in [9.17, 15) is 18.4 Å². The van der Waals surface area contributed by atoms with Crippen molar-refractivity contribution in [3.8, 4) is 0 Å². The first-order valence-electron chi connectivity index (χ1n) is 8.11. The number of halogens is 2. The van der Waals surface area contributed by atoms with Crippen LogP contribution in [0.2, 0.25) is 0 Å². The van der Waals surface area contributed by atoms with E-state index in [1.54, 1.807) is 0 Å². The molecule has 0 bridgehead atoms. The van der Waals surface area contributed by atoms with E-state index in [4.69, 9.17) is 0 Å². The van der Waals surface area contributed by atoms with Crippen molar-refractivity contribution < 1.29 is 18.4 Å². The zero-order valence-corrected chi connectivity index (χ0v) is 13.5. The summed E-state index contributed by atoms with van der Waals surface area (Å²) in [6, 6.07) is 13.0. The Labute approximate surface area is 144 Å². The van der Waals surface area contributed by atoms with Gasteiger partial charge in [-0.05, 0) is 37.0 Å². The number of nitrogens with one attached hydrogen (secondary N) is 2. The van der Waals surface area contributed by atoms with Gasteiger partial charge in [-0.1, -0.05) is 36.4 Å². The number of benzene rings is 2. The molecule has 2 amide bonds. The fraction of sp³-hybridized carbons (Fsp3) is 0.263. The number of anilines is 1. The third-order valence-electron chi connectivity index (χ3n) is 4.36. The number of hydrogen-bond donors (Lipinski definition) is 2. The van der Waals surface area contributed by atoms with Crippen LogP contribution in [0.15, 0.2) is 48.5 Å². The highest BCUT2D eigenvalue weighted by molar-refractivity contribution is 6.13. The van der Waals surface area contributed by atoms with Crippen LogP contribution in [0.5, 0.6) is 0 Å². The van der Waals surface area contributed by atoms with E-state index in [2.05, 4.69) is 10.6 Å². The van der Waals surface area contributed by atoms with Crippen LogP contribution in [0.3, 0.4) is 0 Å². The smallest absolute Gasteiger partial charge is 0.240 e. The summed E-state index contributed by atoms with van der Waals surface area (Å²) < 4.78 is 27.3. The molecule has 1 aliphatic carbocycles. The van der Waals surface area contributed by atoms with Crippen LogP contribution in [0, 0.1) is 17.0 Å². The topological polar surface area (TPSA) is 58.2 Å². The third-order valence-corrected chi connectivity index (χ3v) is 4.36. The molecular formula is C19H18F2N2O2. The van der Waals surface area contributed by atoms with Gasteiger partial charge in [0.25, 0.3) is 0 Å². The van der Waals surface area contributed by atoms with Gasteiger partial charge in [0, 0.05) is 6.54 Å². The lowest BCUT2D eigenvalue weighted by Crippen LogP contribution is -2.41. The number of carbonyl (C=O) groups is 2. The minimum atomic E-state index is -1.23. The van der Waals surface area contributed by atoms with Crippen molar-refractivity contribution in [1.82, 2.24) is 5.32 Å². The van der Waals surface area contributed by atoms with Crippen molar-refractivity contribution in [2.24, 2.45) is 5.41 Å². The standard InChI is InChI=1S/C19H18F2N2O2/c20-14-7-4-8-15(21)16(14)23-18(25)19(10-11-19)17(24)22-12-9-13-5-2-1-3-6-13/h1-8H,9-12H2,(H,22,24)(H,23,25). The van der Waals surface area contributed by atoms with Gasteiger partial charge in [0.15, 0.2) is 0 Å². The van der Waals surface area contributed by atoms with E-state index in [1.807, 2.05) is 30.3 Å². The van der Waals surface area contributed by atoms with E-state index in [0.717, 1.165) is 17.7 Å². The first-order valence-corrected chi connectivity index (χ1v) is 8.11. The van der Waals surface area contributed by atoms with Crippen LogP contribution in [-0.4, -0.2) is 18.4 Å². The van der Waals surface area contributed by atoms with E-state index < -0.39 is 34.6 Å². The van der Waals surface area contributed by atoms with Crippen molar-refractivity contribution in [2.45, 2.75) is 19.3 Å². The lowest BCUT2D eigenvalue weighted by Gasteiger charge is -2.16. The summed E-state index contributed by atoms with van der Waals surface area (Å²) in [7, 11) is 0. The van der Waals surface area contributed by atoms with E-state index in [0.29, 0.717) is 25.8 Å². The molecule has 0 radical (unpaired) electrons. The maximum atomic E-state index is 13.7. The number of hydrogen-bond acceptors (Lipinski definition) is 2. The van der Waals surface area contributed by atoms with Gasteiger partial charge in [-0.15, -0.1) is 0 Å². The molecule has 0 spiro atoms. The molecule has 2 N–H and O–H groups in total. The number of para-hydroxylation sites is 1. The van der Waals surface area contributed by atoms with Crippen molar-refractivity contribution in [1.29, 1.82) is 0 Å². The molecule has 0 unspecified atom stereocenters. The Morgan fingerprint density at radius 3 is 2.16 bits per heavy atom. The molecule has 1 aliphatic rings. The molecule has 0 atom stereocenters. The fourth-order valence-electron chi connectivity index (χ4n) is 2.67. The predicted octanol–water partition coefficient (Wildman–Crippen LogP) is 3.04. The quantitative estimate of drug-likeness (QED) is 0.792. The van der Waals surface area contributed by atoms with Gasteiger partial charge >= 0.3 is 0 Å². The molecule has 3 rings (SSSR count). The van der Waals surface area contributed by atoms with Crippen molar-refractivity contribution in [2.75, 3.05) is 11.9 Å². The second-order valence-electron chi connectivity index (χ2n) is 6.12. The van der Waals surface area contributed by atoms with Gasteiger partial charge in [0.05, 0.1) is 0 Å². The van der Waals surface area contributed by atoms with Gasteiger partial charge < -0.3 is 10.6 Å². The second kappa shape index (κ2) is 7.01. The highest BCUT2D eigenvalue weighted by atomic mass is 19.1. The highest BCUT2D eigenvalue weighted by Crippen LogP contribution is 2.47. The normalized spacial score (nSPS) is 14.6. The fourth-order valence-corrected chi connectivity index (χ4v) is 2.67. The Morgan fingerprint density at radius 1 is 0.920 bits per heavy atom. The molecule has 130 valence electrons. The lowest BCUT2D eigenvalue weighted by atomic mass is 10.0. The molecule has 6 heteroatoms. The molecule has 0 aromatic heterocycles. The van der Waals surface area contributed by atoms with Crippen LogP contribution >= 0.6 is 0 Å². The van der Waals surface area contributed by atoms with Gasteiger partial charge in [-0.3, -0.25) is 9.59 Å². The Hall–Kier alpha value is -2.76. The maximum Gasteiger partial charge on any atom is 0.240 e. The molecule has 2 aromatic carbocycles. The van der Waals surface area contributed by atoms with Gasteiger partial charge in [0.2, 0.25) is 11.8 Å². The first-order chi connectivity index (χ1) is 12.0. The summed E-state index contributed by atoms with van der Waals surface area (Å²) in [6.45, 7) is 0.395. The maximum absolute atomic E-state index is 13.7. The molecular weight excluding hydrogens is 326 g/mol. The Bertz CT molecular complexity index is 769. The largest absolute Gasteiger partial charge is 0.355 e. The molecule has 1 saturated carbocycles. The summed E-state index contributed by atoms with van der Waals surface area (Å²) >= 11 is 0. The molecule has 25 heavy (non-hydrogen) atoms. The Morgan fingerprint density at radius 2 is 1.56 bits per heavy atom.